The molecule has 114 valence electrons. The predicted octanol–water partition coefficient (Wildman–Crippen LogP) is 3.70. The van der Waals surface area contributed by atoms with Crippen molar-refractivity contribution in [2.75, 3.05) is 4.72 Å². The molecule has 5 heteroatoms. The molecule has 1 N–H and O–H groups in total. The Morgan fingerprint density at radius 1 is 1.14 bits per heavy atom. The Morgan fingerprint density at radius 3 is 2.50 bits per heavy atom. The lowest BCUT2D eigenvalue weighted by atomic mass is 10.1. The highest BCUT2D eigenvalue weighted by Crippen LogP contribution is 2.18. The second kappa shape index (κ2) is 7.10. The van der Waals surface area contributed by atoms with E-state index in [1.165, 1.54) is 6.07 Å². The lowest BCUT2D eigenvalue weighted by Gasteiger charge is -2.09. The van der Waals surface area contributed by atoms with Crippen LogP contribution in [0.3, 0.4) is 0 Å². The van der Waals surface area contributed by atoms with E-state index >= 15 is 0 Å². The van der Waals surface area contributed by atoms with E-state index in [1.807, 2.05) is 18.2 Å². The van der Waals surface area contributed by atoms with E-state index < -0.39 is 10.0 Å². The minimum atomic E-state index is -3.63. The van der Waals surface area contributed by atoms with Gasteiger partial charge in [0, 0.05) is 0 Å². The van der Waals surface area contributed by atoms with Gasteiger partial charge in [-0.15, -0.1) is 0 Å². The number of sulfonamides is 1. The smallest absolute Gasteiger partial charge is 0.261 e. The molecule has 0 spiro atoms. The quantitative estimate of drug-likeness (QED) is 0.883. The fourth-order valence-corrected chi connectivity index (χ4v) is 3.13. The van der Waals surface area contributed by atoms with Crippen molar-refractivity contribution >= 4 is 15.7 Å². The molecular formula is C17H18N2O2S. The SMILES string of the molecule is CCCCc1ccc(S(=O)(=O)Nc2cccc(C#N)c2)cc1. The van der Waals surface area contributed by atoms with Gasteiger partial charge in [0.05, 0.1) is 22.2 Å². The Kier molecular flexibility index (Phi) is 5.18. The molecule has 0 aromatic heterocycles. The van der Waals surface area contributed by atoms with Crippen LogP contribution in [0.5, 0.6) is 0 Å². The van der Waals surface area contributed by atoms with Gasteiger partial charge in [-0.2, -0.15) is 5.26 Å². The highest BCUT2D eigenvalue weighted by Gasteiger charge is 2.14. The van der Waals surface area contributed by atoms with Gasteiger partial charge in [-0.25, -0.2) is 8.42 Å². The van der Waals surface area contributed by atoms with Gasteiger partial charge in [-0.05, 0) is 48.7 Å². The number of unbranched alkanes of at least 4 members (excludes halogenated alkanes) is 1. The molecule has 2 aromatic rings. The van der Waals surface area contributed by atoms with Crippen LogP contribution in [0, 0.1) is 11.3 Å². The first-order valence-corrected chi connectivity index (χ1v) is 8.65. The molecule has 4 nitrogen and oxygen atoms in total. The first kappa shape index (κ1) is 16.1. The van der Waals surface area contributed by atoms with Crippen molar-refractivity contribution in [3.63, 3.8) is 0 Å². The van der Waals surface area contributed by atoms with Gasteiger partial charge in [0.15, 0.2) is 0 Å². The first-order valence-electron chi connectivity index (χ1n) is 7.17. The number of hydrogen-bond donors (Lipinski definition) is 1. The average molecular weight is 314 g/mol. The summed E-state index contributed by atoms with van der Waals surface area (Å²) < 4.78 is 27.2. The van der Waals surface area contributed by atoms with Crippen molar-refractivity contribution in [1.29, 1.82) is 5.26 Å². The zero-order chi connectivity index (χ0) is 16.0. The van der Waals surface area contributed by atoms with Gasteiger partial charge in [0.1, 0.15) is 0 Å². The minimum Gasteiger partial charge on any atom is -0.280 e. The second-order valence-corrected chi connectivity index (χ2v) is 6.73. The van der Waals surface area contributed by atoms with E-state index in [2.05, 4.69) is 11.6 Å². The molecule has 0 saturated carbocycles. The van der Waals surface area contributed by atoms with E-state index in [1.54, 1.807) is 30.3 Å². The summed E-state index contributed by atoms with van der Waals surface area (Å²) in [5.74, 6) is 0. The molecule has 0 aliphatic carbocycles. The van der Waals surface area contributed by atoms with Gasteiger partial charge in [0.2, 0.25) is 0 Å². The summed E-state index contributed by atoms with van der Waals surface area (Å²) in [7, 11) is -3.63. The fourth-order valence-electron chi connectivity index (χ4n) is 2.08. The van der Waals surface area contributed by atoms with E-state index in [9.17, 15) is 8.42 Å². The van der Waals surface area contributed by atoms with Gasteiger partial charge in [-0.1, -0.05) is 31.5 Å². The maximum Gasteiger partial charge on any atom is 0.261 e. The summed E-state index contributed by atoms with van der Waals surface area (Å²) in [4.78, 5) is 0.218. The number of nitriles is 1. The third-order valence-electron chi connectivity index (χ3n) is 3.30. The molecular weight excluding hydrogens is 296 g/mol. The number of benzene rings is 2. The molecule has 0 atom stereocenters. The van der Waals surface area contributed by atoms with Crippen molar-refractivity contribution in [3.05, 3.63) is 59.7 Å². The van der Waals surface area contributed by atoms with Crippen molar-refractivity contribution in [3.8, 4) is 6.07 Å². The van der Waals surface area contributed by atoms with Gasteiger partial charge < -0.3 is 0 Å². The Bertz CT molecular complexity index is 775. The molecule has 0 fully saturated rings. The second-order valence-electron chi connectivity index (χ2n) is 5.05. The molecule has 2 rings (SSSR count). The van der Waals surface area contributed by atoms with E-state index in [0.29, 0.717) is 11.3 Å². The van der Waals surface area contributed by atoms with Crippen LogP contribution >= 0.6 is 0 Å². The zero-order valence-electron chi connectivity index (χ0n) is 12.4. The third kappa shape index (κ3) is 4.09. The average Bonchev–Trinajstić information content (AvgIpc) is 2.53. The van der Waals surface area contributed by atoms with Crippen LogP contribution in [0.4, 0.5) is 5.69 Å². The molecule has 0 unspecified atom stereocenters. The van der Waals surface area contributed by atoms with Crippen LogP contribution in [-0.4, -0.2) is 8.42 Å². The van der Waals surface area contributed by atoms with Crippen LogP contribution in [0.25, 0.3) is 0 Å². The topological polar surface area (TPSA) is 70.0 Å². The van der Waals surface area contributed by atoms with Crippen molar-refractivity contribution in [1.82, 2.24) is 0 Å². The summed E-state index contributed by atoms with van der Waals surface area (Å²) in [6.45, 7) is 2.12. The molecule has 2 aromatic carbocycles. The standard InChI is InChI=1S/C17H18N2O2S/c1-2-3-5-14-8-10-17(11-9-14)22(20,21)19-16-7-4-6-15(12-16)13-18/h4,6-12,19H,2-3,5H2,1H3. The van der Waals surface area contributed by atoms with Gasteiger partial charge in [0.25, 0.3) is 10.0 Å². The first-order chi connectivity index (χ1) is 10.5. The molecule has 0 saturated heterocycles. The summed E-state index contributed by atoms with van der Waals surface area (Å²) in [5.41, 5.74) is 1.93. The normalized spacial score (nSPS) is 10.9. The van der Waals surface area contributed by atoms with E-state index in [-0.39, 0.29) is 4.90 Å². The van der Waals surface area contributed by atoms with Crippen LogP contribution in [0.1, 0.15) is 30.9 Å². The Balaban J connectivity index is 2.17. The largest absolute Gasteiger partial charge is 0.280 e. The highest BCUT2D eigenvalue weighted by molar-refractivity contribution is 7.92. The van der Waals surface area contributed by atoms with Gasteiger partial charge >= 0.3 is 0 Å². The Labute approximate surface area is 131 Å². The maximum absolute atomic E-state index is 12.3. The third-order valence-corrected chi connectivity index (χ3v) is 4.69. The van der Waals surface area contributed by atoms with Crippen LogP contribution < -0.4 is 4.72 Å². The molecule has 0 bridgehead atoms. The highest BCUT2D eigenvalue weighted by atomic mass is 32.2. The summed E-state index contributed by atoms with van der Waals surface area (Å²) >= 11 is 0. The predicted molar refractivity (Wildman–Crippen MR) is 87.0 cm³/mol. The number of anilines is 1. The van der Waals surface area contributed by atoms with E-state index in [4.69, 9.17) is 5.26 Å². The zero-order valence-corrected chi connectivity index (χ0v) is 13.2. The number of rotatable bonds is 6. The van der Waals surface area contributed by atoms with Crippen LogP contribution in [-0.2, 0) is 16.4 Å². The number of aryl methyl sites for hydroxylation is 1. The molecule has 0 amide bonds. The van der Waals surface area contributed by atoms with Crippen molar-refractivity contribution in [2.24, 2.45) is 0 Å². The molecule has 0 aliphatic rings. The molecule has 0 radical (unpaired) electrons. The fraction of sp³-hybridized carbons (Fsp3) is 0.235. The van der Waals surface area contributed by atoms with Gasteiger partial charge in [-0.3, -0.25) is 4.72 Å². The molecule has 0 heterocycles. The van der Waals surface area contributed by atoms with E-state index in [0.717, 1.165) is 24.8 Å². The van der Waals surface area contributed by atoms with Crippen LogP contribution in [0.15, 0.2) is 53.4 Å². The lowest BCUT2D eigenvalue weighted by Crippen LogP contribution is -2.13. The number of hydrogen-bond acceptors (Lipinski definition) is 3. The lowest BCUT2D eigenvalue weighted by molar-refractivity contribution is 0.601. The molecule has 0 aliphatic heterocycles. The van der Waals surface area contributed by atoms with Crippen molar-refractivity contribution < 1.29 is 8.42 Å². The summed E-state index contributed by atoms with van der Waals surface area (Å²) in [6.07, 6.45) is 3.15. The molecule has 22 heavy (non-hydrogen) atoms. The minimum absolute atomic E-state index is 0.218. The Morgan fingerprint density at radius 2 is 1.86 bits per heavy atom. The summed E-state index contributed by atoms with van der Waals surface area (Å²) in [6, 6.07) is 15.3. The van der Waals surface area contributed by atoms with Crippen LogP contribution in [0.2, 0.25) is 0 Å². The maximum atomic E-state index is 12.3. The summed E-state index contributed by atoms with van der Waals surface area (Å²) in [5, 5.41) is 8.85. The number of nitrogens with one attached hydrogen (secondary N) is 1. The Hall–Kier alpha value is -2.32. The van der Waals surface area contributed by atoms with Crippen molar-refractivity contribution in [2.45, 2.75) is 31.1 Å². The monoisotopic (exact) mass is 314 g/mol. The number of nitrogens with zero attached hydrogens (tertiary/aromatic N) is 1.